The fourth-order valence-corrected chi connectivity index (χ4v) is 5.47. The van der Waals surface area contributed by atoms with Gasteiger partial charge in [0.25, 0.3) is 15.9 Å². The Morgan fingerprint density at radius 1 is 0.838 bits per heavy atom. The number of benzene rings is 4. The van der Waals surface area contributed by atoms with Gasteiger partial charge in [0.2, 0.25) is 0 Å². The van der Waals surface area contributed by atoms with Crippen LogP contribution in [0.1, 0.15) is 27.9 Å². The molecule has 37 heavy (non-hydrogen) atoms. The highest BCUT2D eigenvalue weighted by Crippen LogP contribution is 2.28. The minimum Gasteiger partial charge on any atom is -0.367 e. The summed E-state index contributed by atoms with van der Waals surface area (Å²) in [5.74, 6) is -0.736. The van der Waals surface area contributed by atoms with Gasteiger partial charge in [0.05, 0.1) is 4.90 Å². The number of rotatable bonds is 7. The number of hydrogen-bond donors (Lipinski definition) is 2. The van der Waals surface area contributed by atoms with Crippen molar-refractivity contribution in [3.05, 3.63) is 120 Å². The number of anilines is 3. The predicted molar refractivity (Wildman–Crippen MR) is 144 cm³/mol. The van der Waals surface area contributed by atoms with Crippen LogP contribution in [0.25, 0.3) is 0 Å². The normalized spacial score (nSPS) is 13.1. The molecule has 0 fully saturated rings. The molecule has 0 bridgehead atoms. The maximum atomic E-state index is 13.1. The largest absolute Gasteiger partial charge is 0.367 e. The van der Waals surface area contributed by atoms with Crippen LogP contribution < -0.4 is 14.9 Å². The molecule has 0 saturated heterocycles. The molecular formula is C29H26FN3O3S. The molecule has 0 atom stereocenters. The van der Waals surface area contributed by atoms with Crippen molar-refractivity contribution in [3.63, 3.8) is 0 Å². The Balaban J connectivity index is 1.21. The van der Waals surface area contributed by atoms with E-state index in [1.165, 1.54) is 59.8 Å². The highest BCUT2D eigenvalue weighted by atomic mass is 32.2. The van der Waals surface area contributed by atoms with Crippen molar-refractivity contribution >= 4 is 33.0 Å². The zero-order chi connectivity index (χ0) is 25.8. The maximum Gasteiger partial charge on any atom is 0.261 e. The van der Waals surface area contributed by atoms with Crippen molar-refractivity contribution < 1.29 is 17.6 Å². The molecule has 0 aromatic heterocycles. The summed E-state index contributed by atoms with van der Waals surface area (Å²) >= 11 is 0. The van der Waals surface area contributed by atoms with Crippen LogP contribution in [0.4, 0.5) is 21.5 Å². The van der Waals surface area contributed by atoms with Gasteiger partial charge in [0.1, 0.15) is 5.82 Å². The topological polar surface area (TPSA) is 78.5 Å². The summed E-state index contributed by atoms with van der Waals surface area (Å²) in [6.07, 6.45) is 2.23. The average molecular weight is 516 g/mol. The second-order valence-corrected chi connectivity index (χ2v) is 10.6. The number of halogens is 1. The van der Waals surface area contributed by atoms with Crippen molar-refractivity contribution in [2.75, 3.05) is 21.5 Å². The zero-order valence-electron chi connectivity index (χ0n) is 20.0. The van der Waals surface area contributed by atoms with E-state index in [-0.39, 0.29) is 16.5 Å². The number of amides is 1. The second kappa shape index (κ2) is 10.4. The minimum absolute atomic E-state index is 0.0264. The summed E-state index contributed by atoms with van der Waals surface area (Å²) in [4.78, 5) is 15.1. The number of fused-ring (bicyclic) bond motifs is 1. The third kappa shape index (κ3) is 5.81. The molecule has 6 nitrogen and oxygen atoms in total. The number of nitrogens with one attached hydrogen (secondary N) is 2. The van der Waals surface area contributed by atoms with Gasteiger partial charge in [-0.1, -0.05) is 30.3 Å². The average Bonchev–Trinajstić information content (AvgIpc) is 2.91. The minimum atomic E-state index is -3.85. The molecular weight excluding hydrogens is 489 g/mol. The highest BCUT2D eigenvalue weighted by molar-refractivity contribution is 7.92. The first-order valence-electron chi connectivity index (χ1n) is 12.0. The van der Waals surface area contributed by atoms with Gasteiger partial charge in [-0.3, -0.25) is 9.52 Å². The molecule has 1 heterocycles. The number of sulfonamides is 1. The summed E-state index contributed by atoms with van der Waals surface area (Å²) < 4.78 is 40.6. The molecule has 0 saturated carbocycles. The van der Waals surface area contributed by atoms with E-state index in [0.717, 1.165) is 31.5 Å². The molecule has 1 aliphatic rings. The SMILES string of the molecule is O=C(Nc1ccc(S(=O)(=O)Nc2ccc(F)cc2)cc1)c1ccc(CN2CCCc3ccccc32)cc1. The molecule has 4 aromatic carbocycles. The van der Waals surface area contributed by atoms with Crippen molar-refractivity contribution in [2.24, 2.45) is 0 Å². The van der Waals surface area contributed by atoms with Crippen LogP contribution in [0.3, 0.4) is 0 Å². The van der Waals surface area contributed by atoms with E-state index in [2.05, 4.69) is 39.2 Å². The summed E-state index contributed by atoms with van der Waals surface area (Å²) in [5, 5.41) is 2.80. The Labute approximate surface area is 215 Å². The van der Waals surface area contributed by atoms with E-state index < -0.39 is 15.8 Å². The lowest BCUT2D eigenvalue weighted by atomic mass is 10.0. The molecule has 2 N–H and O–H groups in total. The van der Waals surface area contributed by atoms with Crippen molar-refractivity contribution in [3.8, 4) is 0 Å². The molecule has 1 aliphatic heterocycles. The molecule has 0 spiro atoms. The van der Waals surface area contributed by atoms with E-state index in [4.69, 9.17) is 0 Å². The highest BCUT2D eigenvalue weighted by Gasteiger charge is 2.17. The third-order valence-corrected chi connectivity index (χ3v) is 7.71. The number of para-hydroxylation sites is 1. The van der Waals surface area contributed by atoms with E-state index in [0.29, 0.717) is 11.3 Å². The summed E-state index contributed by atoms with van der Waals surface area (Å²) in [6.45, 7) is 1.78. The fourth-order valence-electron chi connectivity index (χ4n) is 4.41. The molecule has 0 radical (unpaired) electrons. The molecule has 0 aliphatic carbocycles. The van der Waals surface area contributed by atoms with Crippen LogP contribution in [0, 0.1) is 5.82 Å². The Bertz CT molecular complexity index is 1500. The summed E-state index contributed by atoms with van der Waals surface area (Å²) in [5.41, 5.74) is 5.00. The number of hydrogen-bond acceptors (Lipinski definition) is 4. The van der Waals surface area contributed by atoms with Gasteiger partial charge in [-0.2, -0.15) is 0 Å². The van der Waals surface area contributed by atoms with Crippen LogP contribution in [0.15, 0.2) is 102 Å². The number of aryl methyl sites for hydroxylation is 1. The third-order valence-electron chi connectivity index (χ3n) is 6.31. The Kier molecular flexibility index (Phi) is 6.92. The first-order valence-corrected chi connectivity index (χ1v) is 13.5. The number of carbonyl (C=O) groups is 1. The maximum absolute atomic E-state index is 13.1. The van der Waals surface area contributed by atoms with Gasteiger partial charge in [-0.05, 0) is 90.7 Å². The van der Waals surface area contributed by atoms with E-state index in [1.54, 1.807) is 12.1 Å². The van der Waals surface area contributed by atoms with Crippen LogP contribution in [0.5, 0.6) is 0 Å². The Hall–Kier alpha value is -4.17. The quantitative estimate of drug-likeness (QED) is 0.325. The van der Waals surface area contributed by atoms with Crippen LogP contribution in [-0.4, -0.2) is 20.9 Å². The van der Waals surface area contributed by atoms with Gasteiger partial charge >= 0.3 is 0 Å². The van der Waals surface area contributed by atoms with Gasteiger partial charge in [0.15, 0.2) is 0 Å². The lowest BCUT2D eigenvalue weighted by Crippen LogP contribution is -2.28. The lowest BCUT2D eigenvalue weighted by Gasteiger charge is -2.31. The van der Waals surface area contributed by atoms with Gasteiger partial charge in [-0.15, -0.1) is 0 Å². The standard InChI is InChI=1S/C29H26FN3O3S/c30-24-11-13-26(14-12-24)32-37(35,36)27-17-15-25(16-18-27)31-29(34)23-9-7-21(8-10-23)20-33-19-3-5-22-4-1-2-6-28(22)33/h1-2,4,6-18,32H,3,5,19-20H2,(H,31,34). The second-order valence-electron chi connectivity index (χ2n) is 8.94. The Morgan fingerprint density at radius 3 is 2.24 bits per heavy atom. The van der Waals surface area contributed by atoms with Crippen LogP contribution >= 0.6 is 0 Å². The number of carbonyl (C=O) groups excluding carboxylic acids is 1. The molecule has 0 unspecified atom stereocenters. The molecule has 5 rings (SSSR count). The summed E-state index contributed by atoms with van der Waals surface area (Å²) in [7, 11) is -3.85. The molecule has 4 aromatic rings. The molecule has 8 heteroatoms. The Morgan fingerprint density at radius 2 is 1.51 bits per heavy atom. The molecule has 1 amide bonds. The van der Waals surface area contributed by atoms with Crippen LogP contribution in [-0.2, 0) is 23.0 Å². The van der Waals surface area contributed by atoms with Crippen molar-refractivity contribution in [2.45, 2.75) is 24.3 Å². The predicted octanol–water partition coefficient (Wildman–Crippen LogP) is 5.83. The van der Waals surface area contributed by atoms with E-state index in [9.17, 15) is 17.6 Å². The monoisotopic (exact) mass is 515 g/mol. The van der Waals surface area contributed by atoms with E-state index >= 15 is 0 Å². The van der Waals surface area contributed by atoms with Crippen molar-refractivity contribution in [1.82, 2.24) is 0 Å². The first kappa shape index (κ1) is 24.5. The van der Waals surface area contributed by atoms with Crippen LogP contribution in [0.2, 0.25) is 0 Å². The smallest absolute Gasteiger partial charge is 0.261 e. The van der Waals surface area contributed by atoms with Gasteiger partial charge in [0, 0.05) is 35.7 Å². The van der Waals surface area contributed by atoms with Gasteiger partial charge in [-0.25, -0.2) is 12.8 Å². The first-order chi connectivity index (χ1) is 17.9. The molecule has 188 valence electrons. The number of nitrogens with zero attached hydrogens (tertiary/aromatic N) is 1. The van der Waals surface area contributed by atoms with Gasteiger partial charge < -0.3 is 10.2 Å². The fraction of sp³-hybridized carbons (Fsp3) is 0.138. The lowest BCUT2D eigenvalue weighted by molar-refractivity contribution is 0.102. The zero-order valence-corrected chi connectivity index (χ0v) is 20.8. The van der Waals surface area contributed by atoms with Crippen molar-refractivity contribution in [1.29, 1.82) is 0 Å². The summed E-state index contributed by atoms with van der Waals surface area (Å²) in [6, 6.07) is 26.9. The van der Waals surface area contributed by atoms with E-state index in [1.807, 2.05) is 12.1 Å².